The van der Waals surface area contributed by atoms with Crippen LogP contribution in [0.2, 0.25) is 0 Å². The zero-order valence-electron chi connectivity index (χ0n) is 19.5. The first-order chi connectivity index (χ1) is 14.4. The van der Waals surface area contributed by atoms with Gasteiger partial charge in [-0.2, -0.15) is 0 Å². The SMILES string of the molecule is CCC(C)C(N)C(=O)NC(CC(C)C)C(=O)NC(CO)C(=O)NC(C(=O)O)C(C)CC. The van der Waals surface area contributed by atoms with Gasteiger partial charge in [0.2, 0.25) is 17.7 Å². The van der Waals surface area contributed by atoms with E-state index in [4.69, 9.17) is 5.73 Å². The first kappa shape index (κ1) is 28.8. The normalized spacial score (nSPS) is 17.1. The minimum absolute atomic E-state index is 0.0547. The molecule has 6 unspecified atom stereocenters. The Balaban J connectivity index is 5.32. The number of hydrogen-bond acceptors (Lipinski definition) is 6. The van der Waals surface area contributed by atoms with Crippen molar-refractivity contribution < 1.29 is 29.4 Å². The predicted molar refractivity (Wildman–Crippen MR) is 117 cm³/mol. The maximum atomic E-state index is 12.8. The van der Waals surface area contributed by atoms with Crippen LogP contribution in [0.25, 0.3) is 0 Å². The second kappa shape index (κ2) is 14.0. The number of carboxylic acid groups (broad SMARTS) is 1. The largest absolute Gasteiger partial charge is 0.480 e. The zero-order valence-corrected chi connectivity index (χ0v) is 19.5. The van der Waals surface area contributed by atoms with Crippen LogP contribution in [-0.2, 0) is 19.2 Å². The quantitative estimate of drug-likeness (QED) is 0.219. The number of carbonyl (C=O) groups is 4. The van der Waals surface area contributed by atoms with E-state index in [1.807, 2.05) is 27.7 Å². The summed E-state index contributed by atoms with van der Waals surface area (Å²) < 4.78 is 0. The molecule has 0 aliphatic rings. The lowest BCUT2D eigenvalue weighted by atomic mass is 9.97. The van der Waals surface area contributed by atoms with Gasteiger partial charge in [-0.1, -0.05) is 54.4 Å². The van der Waals surface area contributed by atoms with Crippen LogP contribution in [0.1, 0.15) is 60.8 Å². The molecule has 0 heterocycles. The molecular weight excluding hydrogens is 404 g/mol. The van der Waals surface area contributed by atoms with Gasteiger partial charge in [-0.3, -0.25) is 14.4 Å². The van der Waals surface area contributed by atoms with Crippen molar-refractivity contribution in [2.75, 3.05) is 6.61 Å². The lowest BCUT2D eigenvalue weighted by Crippen LogP contribution is -2.59. The topological polar surface area (TPSA) is 171 Å². The summed E-state index contributed by atoms with van der Waals surface area (Å²) in [6, 6.07) is -4.23. The molecule has 0 radical (unpaired) electrons. The third-order valence-corrected chi connectivity index (χ3v) is 5.49. The molecule has 7 N–H and O–H groups in total. The lowest BCUT2D eigenvalue weighted by molar-refractivity contribution is -0.144. The molecule has 180 valence electrons. The second-order valence-electron chi connectivity index (χ2n) is 8.56. The Bertz CT molecular complexity index is 613. The van der Waals surface area contributed by atoms with E-state index in [1.54, 1.807) is 13.8 Å². The van der Waals surface area contributed by atoms with E-state index in [2.05, 4.69) is 16.0 Å². The van der Waals surface area contributed by atoms with Gasteiger partial charge in [-0.15, -0.1) is 0 Å². The lowest BCUT2D eigenvalue weighted by Gasteiger charge is -2.27. The summed E-state index contributed by atoms with van der Waals surface area (Å²) >= 11 is 0. The van der Waals surface area contributed by atoms with Crippen molar-refractivity contribution in [3.63, 3.8) is 0 Å². The Morgan fingerprint density at radius 2 is 1.29 bits per heavy atom. The number of aliphatic carboxylic acids is 1. The highest BCUT2D eigenvalue weighted by Crippen LogP contribution is 2.10. The summed E-state index contributed by atoms with van der Waals surface area (Å²) in [5, 5.41) is 26.4. The Morgan fingerprint density at radius 1 is 0.806 bits per heavy atom. The van der Waals surface area contributed by atoms with Crippen LogP contribution in [0.15, 0.2) is 0 Å². The number of aliphatic hydroxyl groups is 1. The van der Waals surface area contributed by atoms with Crippen molar-refractivity contribution in [3.8, 4) is 0 Å². The van der Waals surface area contributed by atoms with Crippen molar-refractivity contribution in [2.24, 2.45) is 23.5 Å². The molecule has 0 aliphatic heterocycles. The first-order valence-corrected chi connectivity index (χ1v) is 10.9. The Morgan fingerprint density at radius 3 is 1.71 bits per heavy atom. The molecule has 6 atom stereocenters. The van der Waals surface area contributed by atoms with Gasteiger partial charge in [0.05, 0.1) is 12.6 Å². The van der Waals surface area contributed by atoms with Crippen LogP contribution in [-0.4, -0.2) is 64.7 Å². The van der Waals surface area contributed by atoms with E-state index in [-0.39, 0.29) is 17.8 Å². The minimum Gasteiger partial charge on any atom is -0.480 e. The fourth-order valence-electron chi connectivity index (χ4n) is 2.89. The number of nitrogens with one attached hydrogen (secondary N) is 3. The molecule has 0 aromatic heterocycles. The fourth-order valence-corrected chi connectivity index (χ4v) is 2.89. The van der Waals surface area contributed by atoms with Gasteiger partial charge in [-0.05, 0) is 24.2 Å². The number of nitrogens with two attached hydrogens (primary N) is 1. The summed E-state index contributed by atoms with van der Waals surface area (Å²) in [7, 11) is 0. The van der Waals surface area contributed by atoms with E-state index in [1.165, 1.54) is 0 Å². The van der Waals surface area contributed by atoms with Crippen LogP contribution in [0.3, 0.4) is 0 Å². The fraction of sp³-hybridized carbons (Fsp3) is 0.810. The predicted octanol–water partition coefficient (Wildman–Crippen LogP) is -0.0167. The molecule has 0 rings (SSSR count). The number of carboxylic acids is 1. The molecule has 0 fully saturated rings. The zero-order chi connectivity index (χ0) is 24.3. The van der Waals surface area contributed by atoms with Crippen LogP contribution < -0.4 is 21.7 Å². The standard InChI is InChI=1S/C21H40N4O6/c1-7-12(5)16(22)20(29)23-14(9-11(3)4)18(27)24-15(10-26)19(28)25-17(21(30)31)13(6)8-2/h11-17,26H,7-10,22H2,1-6H3,(H,23,29)(H,24,27)(H,25,28)(H,30,31). The maximum Gasteiger partial charge on any atom is 0.326 e. The van der Waals surface area contributed by atoms with Crippen molar-refractivity contribution >= 4 is 23.7 Å². The summed E-state index contributed by atoms with van der Waals surface area (Å²) in [6.45, 7) is 10.2. The number of rotatable bonds is 14. The van der Waals surface area contributed by atoms with Gasteiger partial charge in [-0.25, -0.2) is 4.79 Å². The molecular formula is C21H40N4O6. The minimum atomic E-state index is -1.35. The van der Waals surface area contributed by atoms with Gasteiger partial charge in [0.25, 0.3) is 0 Å². The highest BCUT2D eigenvalue weighted by molar-refractivity contribution is 5.94. The Labute approximate surface area is 184 Å². The number of carbonyl (C=O) groups excluding carboxylic acids is 3. The monoisotopic (exact) mass is 444 g/mol. The van der Waals surface area contributed by atoms with Crippen molar-refractivity contribution in [2.45, 2.75) is 85.0 Å². The highest BCUT2D eigenvalue weighted by atomic mass is 16.4. The van der Waals surface area contributed by atoms with Crippen molar-refractivity contribution in [1.29, 1.82) is 0 Å². The van der Waals surface area contributed by atoms with E-state index in [0.717, 1.165) is 0 Å². The molecule has 31 heavy (non-hydrogen) atoms. The molecule has 0 saturated heterocycles. The summed E-state index contributed by atoms with van der Waals surface area (Å²) in [5.41, 5.74) is 5.95. The number of amides is 3. The summed E-state index contributed by atoms with van der Waals surface area (Å²) in [4.78, 5) is 49.2. The van der Waals surface area contributed by atoms with Gasteiger partial charge < -0.3 is 31.9 Å². The molecule has 10 nitrogen and oxygen atoms in total. The van der Waals surface area contributed by atoms with Crippen LogP contribution in [0.5, 0.6) is 0 Å². The third kappa shape index (κ3) is 9.65. The van der Waals surface area contributed by atoms with Crippen molar-refractivity contribution in [1.82, 2.24) is 16.0 Å². The average molecular weight is 445 g/mol. The smallest absolute Gasteiger partial charge is 0.326 e. The molecule has 3 amide bonds. The van der Waals surface area contributed by atoms with E-state index >= 15 is 0 Å². The van der Waals surface area contributed by atoms with Gasteiger partial charge in [0.15, 0.2) is 0 Å². The highest BCUT2D eigenvalue weighted by Gasteiger charge is 2.32. The van der Waals surface area contributed by atoms with E-state index in [9.17, 15) is 29.4 Å². The first-order valence-electron chi connectivity index (χ1n) is 10.9. The van der Waals surface area contributed by atoms with E-state index in [0.29, 0.717) is 19.3 Å². The van der Waals surface area contributed by atoms with Gasteiger partial charge in [0, 0.05) is 0 Å². The third-order valence-electron chi connectivity index (χ3n) is 5.49. The average Bonchev–Trinajstić information content (AvgIpc) is 2.72. The van der Waals surface area contributed by atoms with Gasteiger partial charge >= 0.3 is 5.97 Å². The maximum absolute atomic E-state index is 12.8. The molecule has 0 spiro atoms. The number of aliphatic hydroxyl groups excluding tert-OH is 1. The second-order valence-corrected chi connectivity index (χ2v) is 8.56. The Kier molecular flexibility index (Phi) is 13.0. The van der Waals surface area contributed by atoms with Crippen LogP contribution >= 0.6 is 0 Å². The van der Waals surface area contributed by atoms with Crippen molar-refractivity contribution in [3.05, 3.63) is 0 Å². The number of hydrogen-bond donors (Lipinski definition) is 6. The molecule has 0 aromatic rings. The molecule has 0 saturated carbocycles. The molecule has 0 bridgehead atoms. The van der Waals surface area contributed by atoms with Crippen LogP contribution in [0.4, 0.5) is 0 Å². The molecule has 10 heteroatoms. The summed E-state index contributed by atoms with van der Waals surface area (Å²) in [6.07, 6.45) is 1.52. The molecule has 0 aromatic carbocycles. The Hall–Kier alpha value is -2.20. The van der Waals surface area contributed by atoms with E-state index < -0.39 is 54.5 Å². The van der Waals surface area contributed by atoms with Crippen LogP contribution in [0, 0.1) is 17.8 Å². The summed E-state index contributed by atoms with van der Waals surface area (Å²) in [5.74, 6) is -3.49. The molecule has 0 aliphatic carbocycles. The van der Waals surface area contributed by atoms with Gasteiger partial charge in [0.1, 0.15) is 18.1 Å².